The van der Waals surface area contributed by atoms with Crippen molar-refractivity contribution in [2.24, 2.45) is 23.7 Å². The molecule has 4 heterocycles. The Balaban J connectivity index is 0.000000158. The number of pyridine rings is 2. The molecule has 0 aromatic carbocycles. The molecular formula is C33H46N4O2. The minimum atomic E-state index is 0.706. The number of nitrogens with zero attached hydrogens (tertiary/aromatic N) is 3. The predicted molar refractivity (Wildman–Crippen MR) is 159 cm³/mol. The maximum Gasteiger partial charge on any atom is 0.138 e. The van der Waals surface area contributed by atoms with Crippen molar-refractivity contribution in [1.29, 1.82) is 0 Å². The molecule has 0 spiro atoms. The minimum absolute atomic E-state index is 0.706. The molecule has 2 saturated carbocycles. The van der Waals surface area contributed by atoms with Gasteiger partial charge in [0.25, 0.3) is 0 Å². The summed E-state index contributed by atoms with van der Waals surface area (Å²) >= 11 is 0. The van der Waals surface area contributed by atoms with E-state index in [1.54, 1.807) is 0 Å². The smallest absolute Gasteiger partial charge is 0.138 e. The minimum Gasteiger partial charge on any atom is -0.492 e. The summed E-state index contributed by atoms with van der Waals surface area (Å²) in [5.74, 6) is 4.80. The third-order valence-corrected chi connectivity index (χ3v) is 8.10. The lowest BCUT2D eigenvalue weighted by atomic mass is 9.96. The van der Waals surface area contributed by atoms with Crippen molar-refractivity contribution in [2.45, 2.75) is 51.4 Å². The summed E-state index contributed by atoms with van der Waals surface area (Å²) in [6, 6.07) is 4.19. The quantitative estimate of drug-likeness (QED) is 0.400. The maximum atomic E-state index is 5.77. The first-order valence-electron chi connectivity index (χ1n) is 15.1. The molecule has 0 radical (unpaired) electrons. The van der Waals surface area contributed by atoms with Crippen LogP contribution in [0.15, 0.2) is 49.1 Å². The molecule has 4 aliphatic rings. The summed E-state index contributed by atoms with van der Waals surface area (Å²) in [4.78, 5) is 10.9. The SMILES string of the molecule is C(=C\C1CCNCC1)/c1cncc(OCC2CC2)c1.CN1CCC(/C=C/c2cncc(OCC3CC3)c2)CC1. The number of ether oxygens (including phenoxy) is 2. The van der Waals surface area contributed by atoms with E-state index in [1.165, 1.54) is 64.5 Å². The Bertz CT molecular complexity index is 1060. The first-order valence-corrected chi connectivity index (χ1v) is 15.1. The van der Waals surface area contributed by atoms with E-state index in [4.69, 9.17) is 9.47 Å². The largest absolute Gasteiger partial charge is 0.492 e. The summed E-state index contributed by atoms with van der Waals surface area (Å²) in [7, 11) is 2.20. The second-order valence-corrected chi connectivity index (χ2v) is 11.9. The molecule has 0 bridgehead atoms. The molecule has 2 aromatic rings. The van der Waals surface area contributed by atoms with Crippen molar-refractivity contribution in [1.82, 2.24) is 20.2 Å². The molecule has 6 heteroatoms. The van der Waals surface area contributed by atoms with Crippen molar-refractivity contribution >= 4 is 12.2 Å². The molecule has 1 N–H and O–H groups in total. The van der Waals surface area contributed by atoms with E-state index in [2.05, 4.69) is 63.7 Å². The maximum absolute atomic E-state index is 5.77. The van der Waals surface area contributed by atoms with Crippen LogP contribution in [0.2, 0.25) is 0 Å². The van der Waals surface area contributed by atoms with Crippen molar-refractivity contribution < 1.29 is 9.47 Å². The lowest BCUT2D eigenvalue weighted by Gasteiger charge is -2.26. The highest BCUT2D eigenvalue weighted by atomic mass is 16.5. The Morgan fingerprint density at radius 2 is 1.21 bits per heavy atom. The fourth-order valence-electron chi connectivity index (χ4n) is 4.96. The summed E-state index contributed by atoms with van der Waals surface area (Å²) in [5.41, 5.74) is 2.30. The number of likely N-dealkylation sites (tertiary alicyclic amines) is 1. The molecule has 4 fully saturated rings. The number of hydrogen-bond acceptors (Lipinski definition) is 6. The van der Waals surface area contributed by atoms with Crippen molar-refractivity contribution in [3.05, 3.63) is 60.2 Å². The summed E-state index contributed by atoms with van der Waals surface area (Å²) in [6.07, 6.45) is 26.8. The van der Waals surface area contributed by atoms with Crippen molar-refractivity contribution in [2.75, 3.05) is 46.4 Å². The zero-order chi connectivity index (χ0) is 26.7. The Kier molecular flexibility index (Phi) is 10.4. The van der Waals surface area contributed by atoms with Gasteiger partial charge in [0.2, 0.25) is 0 Å². The van der Waals surface area contributed by atoms with Crippen LogP contribution in [0.25, 0.3) is 12.2 Å². The first kappa shape index (κ1) is 27.9. The van der Waals surface area contributed by atoms with Gasteiger partial charge in [-0.05, 0) is 132 Å². The molecule has 6 rings (SSSR count). The molecular weight excluding hydrogens is 484 g/mol. The fourth-order valence-corrected chi connectivity index (χ4v) is 4.96. The molecule has 2 aromatic heterocycles. The fraction of sp³-hybridized carbons (Fsp3) is 0.576. The van der Waals surface area contributed by atoms with E-state index in [-0.39, 0.29) is 0 Å². The van der Waals surface area contributed by atoms with E-state index in [1.807, 2.05) is 24.8 Å². The van der Waals surface area contributed by atoms with E-state index in [9.17, 15) is 0 Å². The van der Waals surface area contributed by atoms with Gasteiger partial charge in [-0.1, -0.05) is 24.3 Å². The van der Waals surface area contributed by atoms with Crippen LogP contribution in [0, 0.1) is 23.7 Å². The van der Waals surface area contributed by atoms with E-state index in [0.717, 1.165) is 60.8 Å². The van der Waals surface area contributed by atoms with Crippen molar-refractivity contribution in [3.8, 4) is 11.5 Å². The third kappa shape index (κ3) is 10.4. The Labute approximate surface area is 234 Å². The third-order valence-electron chi connectivity index (χ3n) is 8.10. The second-order valence-electron chi connectivity index (χ2n) is 11.9. The van der Waals surface area contributed by atoms with Gasteiger partial charge in [-0.3, -0.25) is 9.97 Å². The molecule has 0 amide bonds. The number of nitrogens with one attached hydrogen (secondary N) is 1. The molecule has 0 atom stereocenters. The van der Waals surface area contributed by atoms with Crippen molar-refractivity contribution in [3.63, 3.8) is 0 Å². The van der Waals surface area contributed by atoms with Gasteiger partial charge in [-0.2, -0.15) is 0 Å². The van der Waals surface area contributed by atoms with E-state index in [0.29, 0.717) is 11.8 Å². The number of piperidine rings is 2. The molecule has 39 heavy (non-hydrogen) atoms. The van der Waals surface area contributed by atoms with Gasteiger partial charge in [-0.25, -0.2) is 0 Å². The predicted octanol–water partition coefficient (Wildman–Crippen LogP) is 6.11. The van der Waals surface area contributed by atoms with Gasteiger partial charge < -0.3 is 19.7 Å². The zero-order valence-electron chi connectivity index (χ0n) is 23.6. The summed E-state index contributed by atoms with van der Waals surface area (Å²) in [5, 5.41) is 3.39. The molecule has 0 unspecified atom stereocenters. The Morgan fingerprint density at radius 3 is 1.69 bits per heavy atom. The van der Waals surface area contributed by atoms with Gasteiger partial charge in [-0.15, -0.1) is 0 Å². The normalized spacial score (nSPS) is 21.2. The van der Waals surface area contributed by atoms with E-state index < -0.39 is 0 Å². The van der Waals surface area contributed by atoms with Crippen LogP contribution >= 0.6 is 0 Å². The van der Waals surface area contributed by atoms with Gasteiger partial charge in [0.05, 0.1) is 25.6 Å². The van der Waals surface area contributed by atoms with Crippen LogP contribution in [-0.2, 0) is 0 Å². The first-order chi connectivity index (χ1) is 19.2. The average molecular weight is 531 g/mol. The second kappa shape index (κ2) is 14.6. The summed E-state index contributed by atoms with van der Waals surface area (Å²) < 4.78 is 11.5. The van der Waals surface area contributed by atoms with Gasteiger partial charge in [0, 0.05) is 12.4 Å². The monoisotopic (exact) mass is 530 g/mol. The van der Waals surface area contributed by atoms with Crippen LogP contribution in [-0.4, -0.2) is 61.3 Å². The number of hydrogen-bond donors (Lipinski definition) is 1. The van der Waals surface area contributed by atoms with Crippen LogP contribution in [0.1, 0.15) is 62.5 Å². The van der Waals surface area contributed by atoms with Gasteiger partial charge in [0.15, 0.2) is 0 Å². The van der Waals surface area contributed by atoms with Crippen LogP contribution in [0.3, 0.4) is 0 Å². The summed E-state index contributed by atoms with van der Waals surface area (Å²) in [6.45, 7) is 6.39. The highest BCUT2D eigenvalue weighted by Gasteiger charge is 2.22. The Morgan fingerprint density at radius 1 is 0.718 bits per heavy atom. The molecule has 6 nitrogen and oxygen atoms in total. The number of aromatic nitrogens is 2. The van der Waals surface area contributed by atoms with Gasteiger partial charge >= 0.3 is 0 Å². The highest BCUT2D eigenvalue weighted by molar-refractivity contribution is 5.51. The molecule has 2 aliphatic heterocycles. The molecule has 2 saturated heterocycles. The van der Waals surface area contributed by atoms with Crippen LogP contribution in [0.5, 0.6) is 11.5 Å². The average Bonchev–Trinajstić information content (AvgIpc) is 3.91. The number of rotatable bonds is 10. The van der Waals surface area contributed by atoms with E-state index >= 15 is 0 Å². The lowest BCUT2D eigenvalue weighted by molar-refractivity contribution is 0.244. The number of allylic oxidation sites excluding steroid dienone is 2. The zero-order valence-corrected chi connectivity index (χ0v) is 23.6. The topological polar surface area (TPSA) is 59.5 Å². The lowest BCUT2D eigenvalue weighted by Crippen LogP contribution is -2.29. The standard InChI is InChI=1S/C17H24N2O.C16H22N2O/c1-19-8-6-14(7-9-19)2-5-16-10-17(12-18-11-16)20-13-15-3-4-15;1(13-5-7-17-8-6-13)4-15-9-16(11-18-10-15)19-12-14-2-3-14/h2,5,10-12,14-15H,3-4,6-9,13H2,1H3;1,4,9-11,13-14,17H,2-3,5-8,12H2/b5-2+;4-1+. The molecule has 210 valence electrons. The highest BCUT2D eigenvalue weighted by Crippen LogP contribution is 2.30. The van der Waals surface area contributed by atoms with Crippen LogP contribution in [0.4, 0.5) is 0 Å². The van der Waals surface area contributed by atoms with Crippen LogP contribution < -0.4 is 14.8 Å². The molecule has 2 aliphatic carbocycles. The Hall–Kier alpha value is -2.70. The van der Waals surface area contributed by atoms with Gasteiger partial charge in [0.1, 0.15) is 11.5 Å².